The molecule has 0 aliphatic heterocycles. The first-order valence-electron chi connectivity index (χ1n) is 7.72. The van der Waals surface area contributed by atoms with Crippen LogP contribution in [-0.2, 0) is 20.0 Å². The monoisotopic (exact) mass is 461 g/mol. The van der Waals surface area contributed by atoms with E-state index in [1.54, 1.807) is 7.05 Å². The van der Waals surface area contributed by atoms with Gasteiger partial charge in [0.15, 0.2) is 5.96 Å². The van der Waals surface area contributed by atoms with Crippen molar-refractivity contribution in [3.63, 3.8) is 0 Å². The molecule has 5 nitrogen and oxygen atoms in total. The van der Waals surface area contributed by atoms with Crippen LogP contribution in [0.3, 0.4) is 0 Å². The summed E-state index contributed by atoms with van der Waals surface area (Å²) in [5.74, 6) is 0.885. The van der Waals surface area contributed by atoms with E-state index in [4.69, 9.17) is 11.6 Å². The minimum absolute atomic E-state index is 0. The van der Waals surface area contributed by atoms with E-state index < -0.39 is 0 Å². The molecule has 7 heteroatoms. The van der Waals surface area contributed by atoms with Gasteiger partial charge in [-0.3, -0.25) is 9.67 Å². The predicted octanol–water partition coefficient (Wildman–Crippen LogP) is 3.33. The molecule has 1 heterocycles. The van der Waals surface area contributed by atoms with Gasteiger partial charge in [0.2, 0.25) is 0 Å². The Hall–Kier alpha value is -1.28. The van der Waals surface area contributed by atoms with E-state index in [9.17, 15) is 0 Å². The lowest BCUT2D eigenvalue weighted by atomic mass is 10.2. The van der Waals surface area contributed by atoms with Crippen molar-refractivity contribution in [2.24, 2.45) is 12.0 Å². The highest BCUT2D eigenvalue weighted by Gasteiger charge is 2.06. The number of aliphatic imine (C=N–C) groups is 1. The Morgan fingerprint density at radius 1 is 1.38 bits per heavy atom. The van der Waals surface area contributed by atoms with Crippen molar-refractivity contribution in [2.75, 3.05) is 20.6 Å². The Labute approximate surface area is 166 Å². The number of nitrogens with zero attached hydrogens (tertiary/aromatic N) is 4. The van der Waals surface area contributed by atoms with E-state index in [1.807, 2.05) is 43.2 Å². The average molecular weight is 462 g/mol. The van der Waals surface area contributed by atoms with Gasteiger partial charge in [0, 0.05) is 45.5 Å². The fraction of sp³-hybridized carbons (Fsp3) is 0.412. The first kappa shape index (κ1) is 20.8. The van der Waals surface area contributed by atoms with Gasteiger partial charge in [-0.15, -0.1) is 24.0 Å². The summed E-state index contributed by atoms with van der Waals surface area (Å²) in [5.41, 5.74) is 2.43. The van der Waals surface area contributed by atoms with Crippen LogP contribution in [0.25, 0.3) is 0 Å². The van der Waals surface area contributed by atoms with Crippen LogP contribution in [0, 0.1) is 0 Å². The van der Waals surface area contributed by atoms with E-state index in [0.29, 0.717) is 0 Å². The Bertz CT molecular complexity index is 656. The highest BCUT2D eigenvalue weighted by Crippen LogP contribution is 2.12. The largest absolute Gasteiger partial charge is 0.356 e. The van der Waals surface area contributed by atoms with Crippen LogP contribution in [0.4, 0.5) is 0 Å². The van der Waals surface area contributed by atoms with Crippen LogP contribution >= 0.6 is 35.6 Å². The zero-order valence-corrected chi connectivity index (χ0v) is 17.5. The predicted molar refractivity (Wildman–Crippen MR) is 111 cm³/mol. The van der Waals surface area contributed by atoms with E-state index >= 15 is 0 Å². The number of aryl methyl sites for hydroxylation is 2. The Morgan fingerprint density at radius 3 is 2.79 bits per heavy atom. The molecule has 24 heavy (non-hydrogen) atoms. The van der Waals surface area contributed by atoms with Crippen molar-refractivity contribution in [1.82, 2.24) is 20.0 Å². The summed E-state index contributed by atoms with van der Waals surface area (Å²) >= 11 is 6.03. The maximum Gasteiger partial charge on any atom is 0.193 e. The second-order valence-corrected chi connectivity index (χ2v) is 6.02. The van der Waals surface area contributed by atoms with E-state index in [0.717, 1.165) is 36.9 Å². The van der Waals surface area contributed by atoms with Gasteiger partial charge in [-0.05, 0) is 36.1 Å². The van der Waals surface area contributed by atoms with Gasteiger partial charge >= 0.3 is 0 Å². The van der Waals surface area contributed by atoms with Gasteiger partial charge in [0.05, 0.1) is 6.20 Å². The molecule has 1 aromatic heterocycles. The third-order valence-corrected chi connectivity index (χ3v) is 3.80. The van der Waals surface area contributed by atoms with E-state index in [1.165, 1.54) is 11.1 Å². The molecule has 1 N–H and O–H groups in total. The summed E-state index contributed by atoms with van der Waals surface area (Å²) in [6, 6.07) is 7.90. The standard InChI is InChI=1S/C17H24ClN5.HI/c1-19-17(20-9-5-7-15-11-21-23(3)13-15)22(2)12-14-6-4-8-16(18)10-14;/h4,6,8,10-11,13H,5,7,9,12H2,1-3H3,(H,19,20);1H. The van der Waals surface area contributed by atoms with Crippen LogP contribution in [0.15, 0.2) is 41.7 Å². The Morgan fingerprint density at radius 2 is 2.17 bits per heavy atom. The molecule has 0 fully saturated rings. The summed E-state index contributed by atoms with van der Waals surface area (Å²) in [7, 11) is 5.77. The molecule has 1 aromatic carbocycles. The third-order valence-electron chi connectivity index (χ3n) is 3.57. The molecule has 0 amide bonds. The minimum atomic E-state index is 0. The van der Waals surface area contributed by atoms with Crippen molar-refractivity contribution in [3.05, 3.63) is 52.8 Å². The number of benzene rings is 1. The van der Waals surface area contributed by atoms with Crippen molar-refractivity contribution in [3.8, 4) is 0 Å². The van der Waals surface area contributed by atoms with Crippen molar-refractivity contribution < 1.29 is 0 Å². The van der Waals surface area contributed by atoms with Crippen molar-refractivity contribution in [1.29, 1.82) is 0 Å². The summed E-state index contributed by atoms with van der Waals surface area (Å²) < 4.78 is 1.83. The molecular formula is C17H25ClIN5. The van der Waals surface area contributed by atoms with Gasteiger partial charge in [-0.1, -0.05) is 23.7 Å². The number of halogens is 2. The van der Waals surface area contributed by atoms with Crippen LogP contribution < -0.4 is 5.32 Å². The summed E-state index contributed by atoms with van der Waals surface area (Å²) in [6.07, 6.45) is 6.02. The van der Waals surface area contributed by atoms with Gasteiger partial charge in [-0.2, -0.15) is 5.10 Å². The van der Waals surface area contributed by atoms with Gasteiger partial charge in [-0.25, -0.2) is 0 Å². The lowest BCUT2D eigenvalue weighted by Crippen LogP contribution is -2.39. The molecule has 0 spiro atoms. The number of guanidine groups is 1. The van der Waals surface area contributed by atoms with Crippen molar-refractivity contribution >= 4 is 41.5 Å². The van der Waals surface area contributed by atoms with E-state index in [-0.39, 0.29) is 24.0 Å². The topological polar surface area (TPSA) is 45.5 Å². The van der Waals surface area contributed by atoms with Crippen LogP contribution in [0.5, 0.6) is 0 Å². The molecule has 2 rings (SSSR count). The number of aromatic nitrogens is 2. The molecule has 0 aliphatic carbocycles. The normalized spacial score (nSPS) is 11.1. The SMILES string of the molecule is CN=C(NCCCc1cnn(C)c1)N(C)Cc1cccc(Cl)c1.I. The van der Waals surface area contributed by atoms with Crippen LogP contribution in [0.1, 0.15) is 17.5 Å². The van der Waals surface area contributed by atoms with Gasteiger partial charge in [0.1, 0.15) is 0 Å². The molecule has 0 atom stereocenters. The fourth-order valence-electron chi connectivity index (χ4n) is 2.46. The molecule has 132 valence electrons. The Kier molecular flexibility index (Phi) is 9.13. The first-order valence-corrected chi connectivity index (χ1v) is 8.10. The van der Waals surface area contributed by atoms with E-state index in [2.05, 4.69) is 32.6 Å². The maximum absolute atomic E-state index is 6.03. The molecule has 0 saturated carbocycles. The summed E-state index contributed by atoms with van der Waals surface area (Å²) in [6.45, 7) is 1.64. The molecule has 0 bridgehead atoms. The number of nitrogens with one attached hydrogen (secondary N) is 1. The molecule has 2 aromatic rings. The lowest BCUT2D eigenvalue weighted by Gasteiger charge is -2.22. The molecule has 0 radical (unpaired) electrons. The summed E-state index contributed by atoms with van der Waals surface area (Å²) in [4.78, 5) is 6.43. The number of hydrogen-bond donors (Lipinski definition) is 1. The van der Waals surface area contributed by atoms with Gasteiger partial charge in [0.25, 0.3) is 0 Å². The quantitative estimate of drug-likeness (QED) is 0.311. The minimum Gasteiger partial charge on any atom is -0.356 e. The maximum atomic E-state index is 6.03. The highest BCUT2D eigenvalue weighted by molar-refractivity contribution is 14.0. The second-order valence-electron chi connectivity index (χ2n) is 5.59. The molecule has 0 aliphatic rings. The van der Waals surface area contributed by atoms with Crippen LogP contribution in [-0.4, -0.2) is 41.3 Å². The first-order chi connectivity index (χ1) is 11.1. The molecular weight excluding hydrogens is 437 g/mol. The van der Waals surface area contributed by atoms with Gasteiger partial charge < -0.3 is 10.2 Å². The number of hydrogen-bond acceptors (Lipinski definition) is 2. The zero-order chi connectivity index (χ0) is 16.7. The number of rotatable bonds is 6. The zero-order valence-electron chi connectivity index (χ0n) is 14.4. The second kappa shape index (κ2) is 10.6. The van der Waals surface area contributed by atoms with Crippen molar-refractivity contribution in [2.45, 2.75) is 19.4 Å². The highest BCUT2D eigenvalue weighted by atomic mass is 127. The molecule has 0 saturated heterocycles. The lowest BCUT2D eigenvalue weighted by molar-refractivity contribution is 0.476. The fourth-order valence-corrected chi connectivity index (χ4v) is 2.68. The Balaban J connectivity index is 0.00000288. The molecule has 0 unspecified atom stereocenters. The summed E-state index contributed by atoms with van der Waals surface area (Å²) in [5, 5.41) is 8.34. The average Bonchev–Trinajstić information content (AvgIpc) is 2.92. The third kappa shape index (κ3) is 6.68. The smallest absolute Gasteiger partial charge is 0.193 e. The van der Waals surface area contributed by atoms with Crippen LogP contribution in [0.2, 0.25) is 5.02 Å².